The zero-order valence-corrected chi connectivity index (χ0v) is 17.3. The van der Waals surface area contributed by atoms with Crippen LogP contribution in [0.4, 0.5) is 11.4 Å². The highest BCUT2D eigenvalue weighted by atomic mass is 32.2. The van der Waals surface area contributed by atoms with Crippen molar-refractivity contribution >= 4 is 27.3 Å². The average Bonchev–Trinajstić information content (AvgIpc) is 3.24. The quantitative estimate of drug-likeness (QED) is 0.716. The summed E-state index contributed by atoms with van der Waals surface area (Å²) in [6.45, 7) is 4.33. The molecule has 4 rings (SSSR count). The molecule has 0 fully saturated rings. The third-order valence-corrected chi connectivity index (χ3v) is 6.13. The van der Waals surface area contributed by atoms with Crippen molar-refractivity contribution in [1.29, 1.82) is 0 Å². The van der Waals surface area contributed by atoms with Gasteiger partial charge in [-0.1, -0.05) is 6.07 Å². The van der Waals surface area contributed by atoms with Crippen molar-refractivity contribution in [2.24, 2.45) is 0 Å². The van der Waals surface area contributed by atoms with Crippen LogP contribution in [0.2, 0.25) is 0 Å². The van der Waals surface area contributed by atoms with E-state index in [1.54, 1.807) is 28.9 Å². The second-order valence-corrected chi connectivity index (χ2v) is 9.18. The van der Waals surface area contributed by atoms with Gasteiger partial charge in [0, 0.05) is 23.5 Å². The minimum Gasteiger partial charge on any atom is -0.322 e. The Labute approximate surface area is 170 Å². The second-order valence-electron chi connectivity index (χ2n) is 7.27. The Bertz CT molecular complexity index is 1210. The first kappa shape index (κ1) is 19.2. The first-order valence-corrected chi connectivity index (χ1v) is 11.1. The molecule has 29 heavy (non-hydrogen) atoms. The van der Waals surface area contributed by atoms with Crippen LogP contribution in [-0.2, 0) is 16.4 Å². The van der Waals surface area contributed by atoms with Gasteiger partial charge in [-0.05, 0) is 68.3 Å². The second kappa shape index (κ2) is 7.04. The standard InChI is InChI=1S/C21H22N4O3S/c1-14-11-15(2)25(23-14)19-6-4-5-17(13-19)21(26)22-18-7-8-20-16(12-18)9-10-24(20)29(3,27)28/h4-8,11-13H,9-10H2,1-3H3,(H,22,26). The van der Waals surface area contributed by atoms with Crippen molar-refractivity contribution in [3.8, 4) is 5.69 Å². The van der Waals surface area contributed by atoms with Crippen molar-refractivity contribution < 1.29 is 13.2 Å². The SMILES string of the molecule is Cc1cc(C)n(-c2cccc(C(=O)Nc3ccc4c(c3)CCN4S(C)(=O)=O)c2)n1. The van der Waals surface area contributed by atoms with Gasteiger partial charge in [0.2, 0.25) is 10.0 Å². The van der Waals surface area contributed by atoms with E-state index < -0.39 is 10.0 Å². The molecule has 1 amide bonds. The van der Waals surface area contributed by atoms with E-state index in [-0.39, 0.29) is 5.91 Å². The van der Waals surface area contributed by atoms with Crippen LogP contribution in [0.1, 0.15) is 27.3 Å². The summed E-state index contributed by atoms with van der Waals surface area (Å²) in [6.07, 6.45) is 1.83. The fourth-order valence-corrected chi connectivity index (χ4v) is 4.62. The van der Waals surface area contributed by atoms with Gasteiger partial charge < -0.3 is 5.32 Å². The maximum atomic E-state index is 12.8. The summed E-state index contributed by atoms with van der Waals surface area (Å²) in [4.78, 5) is 12.8. The van der Waals surface area contributed by atoms with E-state index in [0.29, 0.717) is 29.9 Å². The molecule has 2 aromatic carbocycles. The number of sulfonamides is 1. The van der Waals surface area contributed by atoms with Gasteiger partial charge >= 0.3 is 0 Å². The van der Waals surface area contributed by atoms with Gasteiger partial charge in [-0.15, -0.1) is 0 Å². The van der Waals surface area contributed by atoms with Crippen LogP contribution in [0.5, 0.6) is 0 Å². The molecule has 8 heteroatoms. The molecule has 7 nitrogen and oxygen atoms in total. The van der Waals surface area contributed by atoms with Crippen molar-refractivity contribution in [2.45, 2.75) is 20.3 Å². The molecule has 2 heterocycles. The maximum Gasteiger partial charge on any atom is 0.255 e. The number of carbonyl (C=O) groups excluding carboxylic acids is 1. The number of hydrogen-bond donors (Lipinski definition) is 1. The summed E-state index contributed by atoms with van der Waals surface area (Å²) < 4.78 is 26.9. The van der Waals surface area contributed by atoms with Gasteiger partial charge in [0.25, 0.3) is 5.91 Å². The molecule has 0 saturated carbocycles. The number of carbonyl (C=O) groups is 1. The number of benzene rings is 2. The lowest BCUT2D eigenvalue weighted by molar-refractivity contribution is 0.102. The van der Waals surface area contributed by atoms with E-state index in [1.807, 2.05) is 38.1 Å². The van der Waals surface area contributed by atoms with Crippen molar-refractivity contribution in [3.63, 3.8) is 0 Å². The van der Waals surface area contributed by atoms with Crippen LogP contribution in [0.3, 0.4) is 0 Å². The highest BCUT2D eigenvalue weighted by Crippen LogP contribution is 2.32. The van der Waals surface area contributed by atoms with Crippen LogP contribution in [0, 0.1) is 13.8 Å². The van der Waals surface area contributed by atoms with Gasteiger partial charge in [0.1, 0.15) is 0 Å². The van der Waals surface area contributed by atoms with Gasteiger partial charge in [-0.2, -0.15) is 5.10 Å². The summed E-state index contributed by atoms with van der Waals surface area (Å²) in [6, 6.07) is 14.6. The van der Waals surface area contributed by atoms with E-state index in [9.17, 15) is 13.2 Å². The summed E-state index contributed by atoms with van der Waals surface area (Å²) in [5, 5.41) is 7.37. The number of hydrogen-bond acceptors (Lipinski definition) is 4. The summed E-state index contributed by atoms with van der Waals surface area (Å²) in [5.74, 6) is -0.230. The van der Waals surface area contributed by atoms with E-state index in [2.05, 4.69) is 10.4 Å². The molecule has 1 aromatic heterocycles. The molecule has 1 aliphatic heterocycles. The van der Waals surface area contributed by atoms with Crippen LogP contribution in [0.25, 0.3) is 5.69 Å². The Balaban J connectivity index is 1.56. The normalized spacial score (nSPS) is 13.4. The molecular weight excluding hydrogens is 388 g/mol. The predicted octanol–water partition coefficient (Wildman–Crippen LogP) is 3.06. The predicted molar refractivity (Wildman–Crippen MR) is 113 cm³/mol. The lowest BCUT2D eigenvalue weighted by Gasteiger charge is -2.16. The van der Waals surface area contributed by atoms with Crippen LogP contribution >= 0.6 is 0 Å². The lowest BCUT2D eigenvalue weighted by Crippen LogP contribution is -2.27. The highest BCUT2D eigenvalue weighted by molar-refractivity contribution is 7.92. The Kier molecular flexibility index (Phi) is 4.66. The van der Waals surface area contributed by atoms with Crippen LogP contribution in [-0.4, -0.2) is 36.9 Å². The first-order chi connectivity index (χ1) is 13.7. The van der Waals surface area contributed by atoms with Crippen LogP contribution < -0.4 is 9.62 Å². The molecule has 0 radical (unpaired) electrons. The maximum absolute atomic E-state index is 12.8. The number of fused-ring (bicyclic) bond motifs is 1. The number of amides is 1. The number of aryl methyl sites for hydroxylation is 2. The highest BCUT2D eigenvalue weighted by Gasteiger charge is 2.26. The van der Waals surface area contributed by atoms with Gasteiger partial charge in [0.05, 0.1) is 23.3 Å². The average molecular weight is 410 g/mol. The summed E-state index contributed by atoms with van der Waals surface area (Å²) in [5.41, 5.74) is 5.48. The zero-order chi connectivity index (χ0) is 20.8. The summed E-state index contributed by atoms with van der Waals surface area (Å²) >= 11 is 0. The first-order valence-electron chi connectivity index (χ1n) is 9.28. The number of anilines is 2. The smallest absolute Gasteiger partial charge is 0.255 e. The minimum atomic E-state index is -3.29. The number of aromatic nitrogens is 2. The van der Waals surface area contributed by atoms with Crippen LogP contribution in [0.15, 0.2) is 48.5 Å². The molecule has 1 aliphatic rings. The van der Waals surface area contributed by atoms with Gasteiger partial charge in [0.15, 0.2) is 0 Å². The Morgan fingerprint density at radius 3 is 2.59 bits per heavy atom. The lowest BCUT2D eigenvalue weighted by atomic mass is 10.1. The molecule has 0 bridgehead atoms. The molecule has 1 N–H and O–H groups in total. The van der Waals surface area contributed by atoms with E-state index in [4.69, 9.17) is 0 Å². The molecule has 0 aliphatic carbocycles. The largest absolute Gasteiger partial charge is 0.322 e. The third-order valence-electron chi connectivity index (χ3n) is 4.95. The molecule has 0 atom stereocenters. The van der Waals surface area contributed by atoms with Crippen molar-refractivity contribution in [3.05, 3.63) is 71.0 Å². The molecule has 150 valence electrons. The zero-order valence-electron chi connectivity index (χ0n) is 16.5. The van der Waals surface area contributed by atoms with Crippen molar-refractivity contribution in [2.75, 3.05) is 22.4 Å². The van der Waals surface area contributed by atoms with E-state index in [0.717, 1.165) is 22.6 Å². The molecular formula is C21H22N4O3S. The monoisotopic (exact) mass is 410 g/mol. The topological polar surface area (TPSA) is 84.3 Å². The third kappa shape index (κ3) is 3.75. The number of nitrogens with one attached hydrogen (secondary N) is 1. The Hall–Kier alpha value is -3.13. The Morgan fingerprint density at radius 2 is 1.90 bits per heavy atom. The minimum absolute atomic E-state index is 0.230. The number of nitrogens with zero attached hydrogens (tertiary/aromatic N) is 3. The molecule has 0 spiro atoms. The molecule has 0 saturated heterocycles. The summed E-state index contributed by atoms with van der Waals surface area (Å²) in [7, 11) is -3.29. The Morgan fingerprint density at radius 1 is 1.10 bits per heavy atom. The van der Waals surface area contributed by atoms with E-state index in [1.165, 1.54) is 10.6 Å². The fourth-order valence-electron chi connectivity index (χ4n) is 3.67. The molecule has 3 aromatic rings. The fraction of sp³-hybridized carbons (Fsp3) is 0.238. The van der Waals surface area contributed by atoms with E-state index >= 15 is 0 Å². The van der Waals surface area contributed by atoms with Gasteiger partial charge in [-0.25, -0.2) is 13.1 Å². The molecule has 0 unspecified atom stereocenters. The number of rotatable bonds is 4. The van der Waals surface area contributed by atoms with Gasteiger partial charge in [-0.3, -0.25) is 9.10 Å². The van der Waals surface area contributed by atoms with Crippen molar-refractivity contribution in [1.82, 2.24) is 9.78 Å².